The summed E-state index contributed by atoms with van der Waals surface area (Å²) in [4.78, 5) is 104. The SMILES string of the molecule is C#CC(=O)N(CCC(=O)ON1C(=O)CCC1=O)N(CCC(=O)ON1C(=O)CCC1=O)C(C)=O. The first-order chi connectivity index (χ1) is 15.5. The van der Waals surface area contributed by atoms with E-state index in [1.54, 1.807) is 5.92 Å². The second-order valence-corrected chi connectivity index (χ2v) is 6.81. The van der Waals surface area contributed by atoms with Gasteiger partial charge < -0.3 is 9.68 Å². The fourth-order valence-electron chi connectivity index (χ4n) is 2.86. The van der Waals surface area contributed by atoms with Crippen molar-refractivity contribution in [1.82, 2.24) is 20.1 Å². The van der Waals surface area contributed by atoms with Crippen molar-refractivity contribution in [3.05, 3.63) is 0 Å². The lowest BCUT2D eigenvalue weighted by Crippen LogP contribution is -2.50. The van der Waals surface area contributed by atoms with Crippen LogP contribution in [-0.4, -0.2) is 80.6 Å². The lowest BCUT2D eigenvalue weighted by Gasteiger charge is -2.32. The lowest BCUT2D eigenvalue weighted by molar-refractivity contribution is -0.199. The number of rotatable bonds is 8. The molecule has 0 aromatic carbocycles. The predicted octanol–water partition coefficient (Wildman–Crippen LogP) is -1.79. The molecule has 0 aromatic heterocycles. The summed E-state index contributed by atoms with van der Waals surface area (Å²) in [5, 5.41) is 2.14. The van der Waals surface area contributed by atoms with Gasteiger partial charge in [-0.1, -0.05) is 0 Å². The molecule has 0 atom stereocenters. The number of hydrazine groups is 1. The Morgan fingerprint density at radius 2 is 1.15 bits per heavy atom. The maximum atomic E-state index is 12.1. The van der Waals surface area contributed by atoms with Gasteiger partial charge in [-0.2, -0.15) is 0 Å². The molecule has 33 heavy (non-hydrogen) atoms. The van der Waals surface area contributed by atoms with Crippen LogP contribution in [0.15, 0.2) is 0 Å². The van der Waals surface area contributed by atoms with Crippen LogP contribution in [0.25, 0.3) is 0 Å². The summed E-state index contributed by atoms with van der Waals surface area (Å²) in [6, 6.07) is 0. The van der Waals surface area contributed by atoms with Crippen molar-refractivity contribution in [3.8, 4) is 12.3 Å². The molecule has 0 N–H and O–H groups in total. The molecule has 0 aromatic rings. The average molecular weight is 464 g/mol. The Bertz CT molecular complexity index is 921. The molecule has 0 saturated carbocycles. The highest BCUT2D eigenvalue weighted by atomic mass is 16.7. The summed E-state index contributed by atoms with van der Waals surface area (Å²) < 4.78 is 0. The van der Waals surface area contributed by atoms with Crippen molar-refractivity contribution >= 4 is 47.4 Å². The number of hydrogen-bond acceptors (Lipinski definition) is 10. The Hall–Kier alpha value is -4.28. The molecule has 0 aliphatic carbocycles. The molecule has 0 unspecified atom stereocenters. The van der Waals surface area contributed by atoms with Gasteiger partial charge in [0.2, 0.25) is 5.91 Å². The minimum Gasteiger partial charge on any atom is -0.330 e. The van der Waals surface area contributed by atoms with Crippen molar-refractivity contribution < 1.29 is 48.0 Å². The minimum absolute atomic E-state index is 0.0964. The van der Waals surface area contributed by atoms with E-state index in [0.29, 0.717) is 15.1 Å². The van der Waals surface area contributed by atoms with Crippen LogP contribution in [0.3, 0.4) is 0 Å². The number of hydrogen-bond donors (Lipinski definition) is 0. The third-order valence-electron chi connectivity index (χ3n) is 4.47. The predicted molar refractivity (Wildman–Crippen MR) is 102 cm³/mol. The third-order valence-corrected chi connectivity index (χ3v) is 4.47. The molecule has 2 fully saturated rings. The van der Waals surface area contributed by atoms with Gasteiger partial charge in [0, 0.05) is 32.6 Å². The van der Waals surface area contributed by atoms with Crippen molar-refractivity contribution in [2.75, 3.05) is 13.1 Å². The summed E-state index contributed by atoms with van der Waals surface area (Å²) in [6.45, 7) is 0.154. The fraction of sp³-hybridized carbons (Fsp3) is 0.474. The van der Waals surface area contributed by atoms with Crippen molar-refractivity contribution in [3.63, 3.8) is 0 Å². The zero-order valence-corrected chi connectivity index (χ0v) is 17.6. The van der Waals surface area contributed by atoms with Crippen LogP contribution in [0.4, 0.5) is 0 Å². The standard InChI is InChI=1S/C19H20N4O10/c1-3-13(25)21(11-9-19(31)33-23-16(28)6-7-17(23)29)20(12(2)24)10-8-18(30)32-22-14(26)4-5-15(22)27/h1H,4-11H2,2H3. The second kappa shape index (κ2) is 10.8. The van der Waals surface area contributed by atoms with Gasteiger partial charge in [0.25, 0.3) is 23.6 Å². The molecule has 0 radical (unpaired) electrons. The van der Waals surface area contributed by atoms with Gasteiger partial charge in [-0.15, -0.1) is 16.5 Å². The second-order valence-electron chi connectivity index (χ2n) is 6.81. The molecular weight excluding hydrogens is 444 g/mol. The normalized spacial score (nSPS) is 15.4. The van der Waals surface area contributed by atoms with Gasteiger partial charge in [0.15, 0.2) is 0 Å². The zero-order valence-electron chi connectivity index (χ0n) is 17.6. The molecule has 2 aliphatic heterocycles. The topological polar surface area (TPSA) is 168 Å². The summed E-state index contributed by atoms with van der Waals surface area (Å²) in [5.74, 6) is -4.79. The minimum atomic E-state index is -1.04. The number of carbonyl (C=O) groups excluding carboxylic acids is 8. The Labute approximate surface area is 187 Å². The number of imide groups is 2. The monoisotopic (exact) mass is 464 g/mol. The van der Waals surface area contributed by atoms with Crippen LogP contribution in [0.1, 0.15) is 45.4 Å². The average Bonchev–Trinajstić information content (AvgIpc) is 3.25. The molecule has 2 heterocycles. The first-order valence-electron chi connectivity index (χ1n) is 9.74. The Morgan fingerprint density at radius 3 is 1.48 bits per heavy atom. The van der Waals surface area contributed by atoms with Gasteiger partial charge >= 0.3 is 17.8 Å². The van der Waals surface area contributed by atoms with Crippen LogP contribution in [0.5, 0.6) is 0 Å². The maximum absolute atomic E-state index is 12.1. The van der Waals surface area contributed by atoms with E-state index in [2.05, 4.69) is 0 Å². The molecule has 176 valence electrons. The van der Waals surface area contributed by atoms with Crippen molar-refractivity contribution in [2.45, 2.75) is 45.4 Å². The number of terminal acetylenes is 1. The Balaban J connectivity index is 1.98. The van der Waals surface area contributed by atoms with E-state index in [0.717, 1.165) is 11.9 Å². The maximum Gasteiger partial charge on any atom is 0.335 e. The van der Waals surface area contributed by atoms with Crippen LogP contribution in [-0.2, 0) is 48.0 Å². The lowest BCUT2D eigenvalue weighted by atomic mass is 10.3. The molecular formula is C19H20N4O10. The highest BCUT2D eigenvalue weighted by molar-refractivity contribution is 6.02. The molecule has 14 heteroatoms. The first-order valence-corrected chi connectivity index (χ1v) is 9.74. The molecule has 0 bridgehead atoms. The van der Waals surface area contributed by atoms with Crippen LogP contribution >= 0.6 is 0 Å². The van der Waals surface area contributed by atoms with E-state index in [1.165, 1.54) is 0 Å². The largest absolute Gasteiger partial charge is 0.335 e. The first kappa shape index (κ1) is 25.0. The van der Waals surface area contributed by atoms with Gasteiger partial charge in [0.05, 0.1) is 25.9 Å². The summed E-state index contributed by atoms with van der Waals surface area (Å²) in [7, 11) is 0. The molecule has 2 saturated heterocycles. The van der Waals surface area contributed by atoms with Crippen LogP contribution in [0, 0.1) is 12.3 Å². The highest BCUT2D eigenvalue weighted by Crippen LogP contribution is 2.14. The number of hydroxylamine groups is 4. The third kappa shape index (κ3) is 6.35. The van der Waals surface area contributed by atoms with Gasteiger partial charge in [0.1, 0.15) is 0 Å². The molecule has 6 amide bonds. The van der Waals surface area contributed by atoms with E-state index in [1.807, 2.05) is 0 Å². The summed E-state index contributed by atoms with van der Waals surface area (Å²) in [5.41, 5.74) is 0. The van der Waals surface area contributed by atoms with Gasteiger partial charge in [-0.25, -0.2) is 14.6 Å². The number of amides is 6. The van der Waals surface area contributed by atoms with E-state index in [-0.39, 0.29) is 25.7 Å². The van der Waals surface area contributed by atoms with Crippen molar-refractivity contribution in [1.29, 1.82) is 0 Å². The Morgan fingerprint density at radius 1 is 0.788 bits per heavy atom. The van der Waals surface area contributed by atoms with E-state index >= 15 is 0 Å². The van der Waals surface area contributed by atoms with Crippen molar-refractivity contribution in [2.24, 2.45) is 0 Å². The van der Waals surface area contributed by atoms with Crippen LogP contribution in [0.2, 0.25) is 0 Å². The van der Waals surface area contributed by atoms with Crippen LogP contribution < -0.4 is 0 Å². The van der Waals surface area contributed by atoms with Gasteiger partial charge in [-0.3, -0.25) is 33.8 Å². The molecule has 0 spiro atoms. The Kier molecular flexibility index (Phi) is 8.21. The molecule has 2 aliphatic rings. The van der Waals surface area contributed by atoms with E-state index in [9.17, 15) is 38.4 Å². The highest BCUT2D eigenvalue weighted by Gasteiger charge is 2.34. The molecule has 14 nitrogen and oxygen atoms in total. The van der Waals surface area contributed by atoms with E-state index in [4.69, 9.17) is 16.1 Å². The van der Waals surface area contributed by atoms with E-state index < -0.39 is 73.3 Å². The molecule has 2 rings (SSSR count). The summed E-state index contributed by atoms with van der Waals surface area (Å²) >= 11 is 0. The van der Waals surface area contributed by atoms with Gasteiger partial charge in [-0.05, 0) is 5.92 Å². The smallest absolute Gasteiger partial charge is 0.330 e. The number of carbonyl (C=O) groups is 8. The number of nitrogens with zero attached hydrogens (tertiary/aromatic N) is 4. The zero-order chi connectivity index (χ0) is 24.7. The fourth-order valence-corrected chi connectivity index (χ4v) is 2.86. The quantitative estimate of drug-likeness (QED) is 0.227. The summed E-state index contributed by atoms with van der Waals surface area (Å²) in [6.07, 6.45) is 3.65.